The van der Waals surface area contributed by atoms with E-state index in [1.807, 2.05) is 0 Å². The molecular weight excluding hydrogens is 424 g/mol. The van der Waals surface area contributed by atoms with E-state index in [-0.39, 0.29) is 36.1 Å². The molecule has 0 saturated carbocycles. The van der Waals surface area contributed by atoms with Crippen molar-refractivity contribution in [2.24, 2.45) is 10.9 Å². The van der Waals surface area contributed by atoms with Crippen molar-refractivity contribution in [3.05, 3.63) is 51.2 Å². The Balaban J connectivity index is 2.67. The van der Waals surface area contributed by atoms with Crippen molar-refractivity contribution in [3.63, 3.8) is 0 Å². The van der Waals surface area contributed by atoms with Crippen LogP contribution in [0.5, 0.6) is 0 Å². The molecule has 2 atom stereocenters. The highest BCUT2D eigenvalue weighted by Gasteiger charge is 2.42. The average molecular weight is 451 g/mol. The summed E-state index contributed by atoms with van der Waals surface area (Å²) in [6.07, 6.45) is 0. The Morgan fingerprint density at radius 1 is 1.29 bits per heavy atom. The highest BCUT2D eigenvalue weighted by atomic mass is 35.5. The number of nitro benzene ring substituents is 1. The standard InChI is InChI=1S/C22H27ClN2O6/c1-13-18(21(27)31-22(3,4)5)20(15-7-6-8-16(11-15)25(28)29)19(14(2)26)17(24-13)12-30-10-9-23/h6-8,11,18,20H,9-10,12H2,1-5H3. The number of Topliss-reactive ketones (excluding diaryl/α,β-unsaturated/α-hetero) is 1. The smallest absolute Gasteiger partial charge is 0.316 e. The normalized spacial score (nSPS) is 19.1. The molecule has 31 heavy (non-hydrogen) atoms. The first kappa shape index (κ1) is 24.7. The summed E-state index contributed by atoms with van der Waals surface area (Å²) < 4.78 is 11.1. The summed E-state index contributed by atoms with van der Waals surface area (Å²) >= 11 is 5.68. The van der Waals surface area contributed by atoms with Gasteiger partial charge < -0.3 is 9.47 Å². The minimum absolute atomic E-state index is 0.0332. The summed E-state index contributed by atoms with van der Waals surface area (Å²) in [5, 5.41) is 11.3. The van der Waals surface area contributed by atoms with Gasteiger partial charge in [0.2, 0.25) is 0 Å². The van der Waals surface area contributed by atoms with Gasteiger partial charge in [0.05, 0.1) is 23.8 Å². The zero-order valence-corrected chi connectivity index (χ0v) is 19.1. The van der Waals surface area contributed by atoms with Crippen molar-refractivity contribution in [2.45, 2.75) is 46.1 Å². The van der Waals surface area contributed by atoms with Crippen molar-refractivity contribution in [1.29, 1.82) is 0 Å². The van der Waals surface area contributed by atoms with Crippen LogP contribution in [-0.2, 0) is 19.1 Å². The van der Waals surface area contributed by atoms with Crippen LogP contribution in [0.1, 0.15) is 46.1 Å². The number of halogens is 1. The van der Waals surface area contributed by atoms with Crippen LogP contribution < -0.4 is 0 Å². The molecule has 9 heteroatoms. The molecule has 2 rings (SSSR count). The van der Waals surface area contributed by atoms with Gasteiger partial charge in [-0.2, -0.15) is 0 Å². The Kier molecular flexibility index (Phi) is 8.08. The van der Waals surface area contributed by atoms with Crippen LogP contribution in [0.2, 0.25) is 0 Å². The van der Waals surface area contributed by atoms with Gasteiger partial charge in [-0.3, -0.25) is 24.7 Å². The van der Waals surface area contributed by atoms with Crippen molar-refractivity contribution in [3.8, 4) is 0 Å². The lowest BCUT2D eigenvalue weighted by molar-refractivity contribution is -0.384. The fourth-order valence-corrected chi connectivity index (χ4v) is 3.66. The second-order valence-electron chi connectivity index (χ2n) is 8.25. The van der Waals surface area contributed by atoms with Gasteiger partial charge in [-0.1, -0.05) is 12.1 Å². The van der Waals surface area contributed by atoms with Crippen LogP contribution in [0, 0.1) is 16.0 Å². The van der Waals surface area contributed by atoms with E-state index in [1.165, 1.54) is 25.1 Å². The number of rotatable bonds is 8. The molecule has 0 saturated heterocycles. The second kappa shape index (κ2) is 10.2. The number of non-ortho nitro benzene ring substituents is 1. The lowest BCUT2D eigenvalue weighted by Gasteiger charge is -2.34. The monoisotopic (exact) mass is 450 g/mol. The highest BCUT2D eigenvalue weighted by molar-refractivity contribution is 6.18. The third-order valence-electron chi connectivity index (χ3n) is 4.66. The highest BCUT2D eigenvalue weighted by Crippen LogP contribution is 2.41. The van der Waals surface area contributed by atoms with Crippen molar-refractivity contribution >= 4 is 34.8 Å². The van der Waals surface area contributed by atoms with E-state index in [4.69, 9.17) is 21.1 Å². The third kappa shape index (κ3) is 6.21. The van der Waals surface area contributed by atoms with E-state index in [9.17, 15) is 19.7 Å². The molecule has 8 nitrogen and oxygen atoms in total. The first-order valence-corrected chi connectivity index (χ1v) is 10.4. The minimum atomic E-state index is -0.906. The summed E-state index contributed by atoms with van der Waals surface area (Å²) in [4.78, 5) is 41.2. The van der Waals surface area contributed by atoms with Crippen molar-refractivity contribution in [1.82, 2.24) is 0 Å². The molecule has 0 aromatic heterocycles. The zero-order valence-electron chi connectivity index (χ0n) is 18.3. The Morgan fingerprint density at radius 3 is 2.52 bits per heavy atom. The van der Waals surface area contributed by atoms with Crippen LogP contribution in [0.25, 0.3) is 0 Å². The molecule has 0 amide bonds. The SMILES string of the molecule is CC(=O)C1=C(COCCCl)N=C(C)C(C(=O)OC(C)(C)C)C1c1cccc([N+](=O)[O-])c1. The number of carbonyl (C=O) groups is 2. The molecule has 0 spiro atoms. The topological polar surface area (TPSA) is 108 Å². The fourth-order valence-electron chi connectivity index (χ4n) is 3.55. The number of alkyl halides is 1. The van der Waals surface area contributed by atoms with Gasteiger partial charge in [-0.05, 0) is 40.2 Å². The van der Waals surface area contributed by atoms with Gasteiger partial charge in [0.25, 0.3) is 5.69 Å². The number of allylic oxidation sites excluding steroid dienone is 1. The molecule has 1 heterocycles. The number of carbonyl (C=O) groups excluding carboxylic acids is 2. The molecule has 1 aliphatic heterocycles. The lowest BCUT2D eigenvalue weighted by Crippen LogP contribution is -2.39. The maximum absolute atomic E-state index is 13.1. The van der Waals surface area contributed by atoms with E-state index in [2.05, 4.69) is 4.99 Å². The maximum atomic E-state index is 13.1. The third-order valence-corrected chi connectivity index (χ3v) is 4.81. The first-order chi connectivity index (χ1) is 14.5. The summed E-state index contributed by atoms with van der Waals surface area (Å²) in [6.45, 7) is 8.59. The van der Waals surface area contributed by atoms with Gasteiger partial charge in [0.1, 0.15) is 11.5 Å². The number of nitrogens with zero attached hydrogens (tertiary/aromatic N) is 2. The number of ketones is 1. The van der Waals surface area contributed by atoms with E-state index < -0.39 is 28.3 Å². The van der Waals surface area contributed by atoms with Crippen molar-refractivity contribution < 1.29 is 24.0 Å². The molecule has 1 aromatic carbocycles. The molecule has 2 unspecified atom stereocenters. The van der Waals surface area contributed by atoms with E-state index >= 15 is 0 Å². The predicted molar refractivity (Wildman–Crippen MR) is 118 cm³/mol. The van der Waals surface area contributed by atoms with Crippen LogP contribution in [0.4, 0.5) is 5.69 Å². The first-order valence-electron chi connectivity index (χ1n) is 9.86. The number of ether oxygens (including phenoxy) is 2. The Labute approximate surface area is 186 Å². The minimum Gasteiger partial charge on any atom is -0.459 e. The number of nitro groups is 1. The Hall–Kier alpha value is -2.58. The molecule has 168 valence electrons. The molecule has 0 aliphatic carbocycles. The summed E-state index contributed by atoms with van der Waals surface area (Å²) in [5.41, 5.74) is 0.667. The van der Waals surface area contributed by atoms with E-state index in [0.29, 0.717) is 17.0 Å². The van der Waals surface area contributed by atoms with E-state index in [1.54, 1.807) is 33.8 Å². The molecule has 0 fully saturated rings. The van der Waals surface area contributed by atoms with Gasteiger partial charge in [-0.15, -0.1) is 11.6 Å². The number of esters is 1. The molecular formula is C22H27ClN2O6. The van der Waals surface area contributed by atoms with Gasteiger partial charge in [0, 0.05) is 35.2 Å². The quantitative estimate of drug-likeness (QED) is 0.193. The maximum Gasteiger partial charge on any atom is 0.316 e. The Bertz CT molecular complexity index is 932. The Morgan fingerprint density at radius 2 is 1.97 bits per heavy atom. The number of aliphatic imine (C=N–C) groups is 1. The molecule has 0 radical (unpaired) electrons. The number of hydrogen-bond donors (Lipinski definition) is 0. The second-order valence-corrected chi connectivity index (χ2v) is 8.63. The van der Waals surface area contributed by atoms with Gasteiger partial charge >= 0.3 is 5.97 Å². The van der Waals surface area contributed by atoms with E-state index in [0.717, 1.165) is 0 Å². The molecule has 0 bridgehead atoms. The van der Waals surface area contributed by atoms with Crippen molar-refractivity contribution in [2.75, 3.05) is 19.1 Å². The van der Waals surface area contributed by atoms with Gasteiger partial charge in [0.15, 0.2) is 5.78 Å². The van der Waals surface area contributed by atoms with Crippen LogP contribution >= 0.6 is 11.6 Å². The van der Waals surface area contributed by atoms with Crippen LogP contribution in [0.3, 0.4) is 0 Å². The summed E-state index contributed by atoms with van der Waals surface area (Å²) in [7, 11) is 0. The predicted octanol–water partition coefficient (Wildman–Crippen LogP) is 4.21. The zero-order chi connectivity index (χ0) is 23.3. The summed E-state index contributed by atoms with van der Waals surface area (Å²) in [5.74, 6) is -2.27. The lowest BCUT2D eigenvalue weighted by atomic mass is 9.74. The molecule has 1 aromatic rings. The number of hydrogen-bond acceptors (Lipinski definition) is 7. The summed E-state index contributed by atoms with van der Waals surface area (Å²) in [6, 6.07) is 5.92. The van der Waals surface area contributed by atoms with Gasteiger partial charge in [-0.25, -0.2) is 0 Å². The molecule has 1 aliphatic rings. The largest absolute Gasteiger partial charge is 0.459 e. The van der Waals surface area contributed by atoms with Crippen LogP contribution in [-0.4, -0.2) is 47.1 Å². The average Bonchev–Trinajstić information content (AvgIpc) is 2.65. The molecule has 0 N–H and O–H groups in total. The van der Waals surface area contributed by atoms with Crippen LogP contribution in [0.15, 0.2) is 40.5 Å². The number of benzene rings is 1. The fraction of sp³-hybridized carbons (Fsp3) is 0.500.